The van der Waals surface area contributed by atoms with E-state index in [2.05, 4.69) is 9.97 Å². The molecule has 0 fully saturated rings. The number of halogens is 3. The third-order valence-electron chi connectivity index (χ3n) is 1.14. The van der Waals surface area contributed by atoms with E-state index < -0.39 is 11.0 Å². The maximum absolute atomic E-state index is 11.0. The first-order valence-corrected chi connectivity index (χ1v) is 4.08. The molecule has 1 aromatic heterocycles. The van der Waals surface area contributed by atoms with Gasteiger partial charge < -0.3 is 0 Å². The molecule has 0 saturated heterocycles. The Hall–Kier alpha value is -0.710. The van der Waals surface area contributed by atoms with E-state index in [4.69, 9.17) is 34.8 Å². The molecule has 0 aliphatic carbocycles. The maximum Gasteiger partial charge on any atom is 0.293 e. The summed E-state index contributed by atoms with van der Waals surface area (Å²) >= 11 is 15.8. The molecule has 0 N–H and O–H groups in total. The number of Topliss-reactive ketones (excluding diaryl/α,β-unsaturated/α-hetero) is 1. The Balaban J connectivity index is 3.16. The van der Waals surface area contributed by atoms with Crippen LogP contribution in [-0.4, -0.2) is 21.0 Å². The van der Waals surface area contributed by atoms with Gasteiger partial charge in [0, 0.05) is 6.20 Å². The lowest BCUT2D eigenvalue weighted by Gasteiger charge is -1.97. The topological polar surface area (TPSA) is 59.9 Å². The molecule has 68 valence electrons. The van der Waals surface area contributed by atoms with Gasteiger partial charge in [-0.15, -0.1) is 0 Å². The quantitative estimate of drug-likeness (QED) is 0.259. The Kier molecular flexibility index (Phi) is 3.19. The molecular formula is C6HCl3N2O2. The van der Waals surface area contributed by atoms with Crippen molar-refractivity contribution >= 4 is 45.8 Å². The molecule has 0 amide bonds. The summed E-state index contributed by atoms with van der Waals surface area (Å²) in [5.41, 5.74) is -0.161. The van der Waals surface area contributed by atoms with E-state index >= 15 is 0 Å². The summed E-state index contributed by atoms with van der Waals surface area (Å²) in [5, 5.41) is -1.45. The summed E-state index contributed by atoms with van der Waals surface area (Å²) in [5.74, 6) is -0.955. The normalized spacial score (nSPS) is 9.77. The summed E-state index contributed by atoms with van der Waals surface area (Å²) in [6.45, 7) is 0. The molecule has 0 atom stereocenters. The molecule has 0 radical (unpaired) electrons. The summed E-state index contributed by atoms with van der Waals surface area (Å²) < 4.78 is 0. The molecule has 0 aliphatic heterocycles. The number of carbonyl (C=O) groups is 2. The van der Waals surface area contributed by atoms with Crippen LogP contribution in [0, 0.1) is 0 Å². The minimum atomic E-state index is -1.15. The van der Waals surface area contributed by atoms with Crippen LogP contribution in [0.3, 0.4) is 0 Å². The first kappa shape index (κ1) is 10.4. The maximum atomic E-state index is 11.0. The minimum absolute atomic E-state index is 0.108. The van der Waals surface area contributed by atoms with Crippen LogP contribution in [0.4, 0.5) is 0 Å². The van der Waals surface area contributed by atoms with E-state index in [1.165, 1.54) is 0 Å². The van der Waals surface area contributed by atoms with Gasteiger partial charge in [0.15, 0.2) is 0 Å². The lowest BCUT2D eigenvalue weighted by molar-refractivity contribution is -0.108. The molecule has 0 spiro atoms. The van der Waals surface area contributed by atoms with Crippen molar-refractivity contribution in [3.8, 4) is 0 Å². The van der Waals surface area contributed by atoms with Crippen LogP contribution in [-0.2, 0) is 4.79 Å². The predicted octanol–water partition coefficient (Wildman–Crippen LogP) is 1.73. The standard InChI is InChI=1S/C6HCl3N2O2/c7-4-2(3(12)5(8)13)1-10-6(9)11-4/h1H. The molecule has 1 rings (SSSR count). The highest BCUT2D eigenvalue weighted by molar-refractivity contribution is 6.83. The number of hydrogen-bond donors (Lipinski definition) is 0. The van der Waals surface area contributed by atoms with Gasteiger partial charge >= 0.3 is 0 Å². The average Bonchev–Trinajstić information content (AvgIpc) is 2.03. The monoisotopic (exact) mass is 238 g/mol. The molecule has 1 heterocycles. The van der Waals surface area contributed by atoms with E-state index in [0.717, 1.165) is 6.20 Å². The fourth-order valence-corrected chi connectivity index (χ4v) is 1.09. The Morgan fingerprint density at radius 3 is 2.38 bits per heavy atom. The van der Waals surface area contributed by atoms with Gasteiger partial charge in [-0.25, -0.2) is 9.97 Å². The number of rotatable bonds is 2. The van der Waals surface area contributed by atoms with Crippen molar-refractivity contribution in [1.82, 2.24) is 9.97 Å². The highest BCUT2D eigenvalue weighted by Crippen LogP contribution is 2.15. The van der Waals surface area contributed by atoms with Gasteiger partial charge in [-0.05, 0) is 23.2 Å². The Morgan fingerprint density at radius 2 is 1.92 bits per heavy atom. The van der Waals surface area contributed by atoms with E-state index in [-0.39, 0.29) is 16.0 Å². The number of hydrogen-bond acceptors (Lipinski definition) is 4. The number of aromatic nitrogens is 2. The van der Waals surface area contributed by atoms with Crippen molar-refractivity contribution in [3.63, 3.8) is 0 Å². The van der Waals surface area contributed by atoms with Crippen LogP contribution in [0.5, 0.6) is 0 Å². The summed E-state index contributed by atoms with van der Waals surface area (Å²) in [6.07, 6.45) is 1.04. The van der Waals surface area contributed by atoms with E-state index in [9.17, 15) is 9.59 Å². The van der Waals surface area contributed by atoms with Crippen LogP contribution in [0.1, 0.15) is 10.4 Å². The second kappa shape index (κ2) is 4.00. The van der Waals surface area contributed by atoms with Crippen molar-refractivity contribution in [1.29, 1.82) is 0 Å². The zero-order chi connectivity index (χ0) is 10.0. The highest BCUT2D eigenvalue weighted by atomic mass is 35.5. The highest BCUT2D eigenvalue weighted by Gasteiger charge is 2.18. The van der Waals surface area contributed by atoms with Crippen LogP contribution < -0.4 is 0 Å². The van der Waals surface area contributed by atoms with Gasteiger partial charge in [-0.2, -0.15) is 0 Å². The number of carbonyl (C=O) groups excluding carboxylic acids is 2. The zero-order valence-corrected chi connectivity index (χ0v) is 8.19. The third-order valence-corrected chi connectivity index (χ3v) is 1.78. The van der Waals surface area contributed by atoms with Crippen molar-refractivity contribution in [2.24, 2.45) is 0 Å². The van der Waals surface area contributed by atoms with Gasteiger partial charge in [0.25, 0.3) is 5.24 Å². The molecule has 0 bridgehead atoms. The van der Waals surface area contributed by atoms with Crippen LogP contribution in [0.15, 0.2) is 6.20 Å². The van der Waals surface area contributed by atoms with Crippen molar-refractivity contribution in [3.05, 3.63) is 22.2 Å². The van der Waals surface area contributed by atoms with E-state index in [0.29, 0.717) is 0 Å². The molecule has 1 aromatic rings. The van der Waals surface area contributed by atoms with Crippen molar-refractivity contribution in [2.75, 3.05) is 0 Å². The lowest BCUT2D eigenvalue weighted by atomic mass is 10.2. The van der Waals surface area contributed by atoms with Gasteiger partial charge in [0.2, 0.25) is 11.1 Å². The second-order valence-corrected chi connectivity index (χ2v) is 2.99. The second-order valence-electron chi connectivity index (χ2n) is 1.95. The van der Waals surface area contributed by atoms with Gasteiger partial charge in [0.1, 0.15) is 5.15 Å². The summed E-state index contributed by atoms with van der Waals surface area (Å²) in [4.78, 5) is 28.4. The average molecular weight is 239 g/mol. The Morgan fingerprint density at radius 1 is 1.31 bits per heavy atom. The summed E-state index contributed by atoms with van der Waals surface area (Å²) in [6, 6.07) is 0. The number of nitrogens with zero attached hydrogens (tertiary/aromatic N) is 2. The molecule has 7 heteroatoms. The molecule has 0 unspecified atom stereocenters. The predicted molar refractivity (Wildman–Crippen MR) is 47.2 cm³/mol. The first-order valence-electron chi connectivity index (χ1n) is 2.94. The molecule has 4 nitrogen and oxygen atoms in total. The minimum Gasteiger partial charge on any atom is -0.284 e. The Bertz CT molecular complexity index is 380. The SMILES string of the molecule is O=C(Cl)C(=O)c1cnc(Cl)nc1Cl. The van der Waals surface area contributed by atoms with Gasteiger partial charge in [0.05, 0.1) is 5.56 Å². The zero-order valence-electron chi connectivity index (χ0n) is 5.92. The van der Waals surface area contributed by atoms with Gasteiger partial charge in [-0.3, -0.25) is 9.59 Å². The molecular weight excluding hydrogens is 238 g/mol. The third kappa shape index (κ3) is 2.37. The van der Waals surface area contributed by atoms with Crippen LogP contribution in [0.2, 0.25) is 10.4 Å². The Labute approximate surface area is 87.8 Å². The van der Waals surface area contributed by atoms with Crippen LogP contribution >= 0.6 is 34.8 Å². The fraction of sp³-hybridized carbons (Fsp3) is 0. The van der Waals surface area contributed by atoms with Crippen molar-refractivity contribution < 1.29 is 9.59 Å². The number of ketones is 1. The molecule has 0 aliphatic rings. The lowest BCUT2D eigenvalue weighted by Crippen LogP contribution is -2.09. The first-order chi connectivity index (χ1) is 6.02. The van der Waals surface area contributed by atoms with E-state index in [1.807, 2.05) is 0 Å². The molecule has 13 heavy (non-hydrogen) atoms. The largest absolute Gasteiger partial charge is 0.293 e. The van der Waals surface area contributed by atoms with Gasteiger partial charge in [-0.1, -0.05) is 11.6 Å². The fourth-order valence-electron chi connectivity index (χ4n) is 0.599. The molecule has 0 aromatic carbocycles. The van der Waals surface area contributed by atoms with Crippen molar-refractivity contribution in [2.45, 2.75) is 0 Å². The van der Waals surface area contributed by atoms with Crippen LogP contribution in [0.25, 0.3) is 0 Å². The smallest absolute Gasteiger partial charge is 0.284 e. The molecule has 0 saturated carbocycles. The summed E-state index contributed by atoms with van der Waals surface area (Å²) in [7, 11) is 0. The van der Waals surface area contributed by atoms with E-state index in [1.54, 1.807) is 0 Å².